The molecule has 3 nitrogen and oxygen atoms in total. The van der Waals surface area contributed by atoms with Crippen LogP contribution in [0.15, 0.2) is 83.3 Å². The van der Waals surface area contributed by atoms with E-state index in [1.54, 1.807) is 12.1 Å². The zero-order valence-electron chi connectivity index (χ0n) is 13.9. The van der Waals surface area contributed by atoms with Gasteiger partial charge in [-0.05, 0) is 51.6 Å². The summed E-state index contributed by atoms with van der Waals surface area (Å²) in [6, 6.07) is 25.9. The minimum atomic E-state index is -1.45. The van der Waals surface area contributed by atoms with Crippen LogP contribution >= 0.6 is 0 Å². The van der Waals surface area contributed by atoms with E-state index in [2.05, 4.69) is 30.3 Å². The van der Waals surface area contributed by atoms with Gasteiger partial charge < -0.3 is 14.5 Å². The highest BCUT2D eigenvalue weighted by Crippen LogP contribution is 2.34. The summed E-state index contributed by atoms with van der Waals surface area (Å²) in [4.78, 5) is 0. The van der Waals surface area contributed by atoms with Gasteiger partial charge in [-0.15, -0.1) is 0 Å². The number of rotatable bonds is 2. The van der Waals surface area contributed by atoms with E-state index in [1.807, 2.05) is 36.4 Å². The number of benzene rings is 4. The zero-order valence-corrected chi connectivity index (χ0v) is 13.9. The molecule has 0 saturated carbocycles. The van der Waals surface area contributed by atoms with Crippen molar-refractivity contribution in [2.45, 2.75) is 0 Å². The van der Waals surface area contributed by atoms with Gasteiger partial charge in [-0.25, -0.2) is 0 Å². The van der Waals surface area contributed by atoms with Gasteiger partial charge >= 0.3 is 7.12 Å². The third-order valence-corrected chi connectivity index (χ3v) is 4.88. The van der Waals surface area contributed by atoms with Crippen LogP contribution in [0.25, 0.3) is 43.8 Å². The average Bonchev–Trinajstić information content (AvgIpc) is 3.03. The molecule has 0 radical (unpaired) electrons. The molecule has 0 aliphatic carbocycles. The van der Waals surface area contributed by atoms with Crippen LogP contribution in [0, 0.1) is 0 Å². The molecule has 0 atom stereocenters. The summed E-state index contributed by atoms with van der Waals surface area (Å²) < 4.78 is 6.04. The molecule has 0 aliphatic rings. The first-order valence-electron chi connectivity index (χ1n) is 8.50. The maximum Gasteiger partial charge on any atom is 0.488 e. The molecule has 0 fully saturated rings. The molecule has 0 saturated heterocycles. The van der Waals surface area contributed by atoms with Gasteiger partial charge in [0.2, 0.25) is 0 Å². The van der Waals surface area contributed by atoms with Gasteiger partial charge in [0.1, 0.15) is 11.2 Å². The second-order valence-corrected chi connectivity index (χ2v) is 6.50. The predicted octanol–water partition coefficient (Wildman–Crippen LogP) is 4.09. The zero-order chi connectivity index (χ0) is 17.7. The molecule has 0 unspecified atom stereocenters. The summed E-state index contributed by atoms with van der Waals surface area (Å²) in [6.07, 6.45) is 0. The first-order chi connectivity index (χ1) is 12.7. The number of furan rings is 1. The Balaban J connectivity index is 1.70. The van der Waals surface area contributed by atoms with E-state index in [0.29, 0.717) is 5.46 Å². The second kappa shape index (κ2) is 5.73. The smallest absolute Gasteiger partial charge is 0.456 e. The second-order valence-electron chi connectivity index (χ2n) is 6.50. The van der Waals surface area contributed by atoms with Crippen LogP contribution in [0.1, 0.15) is 0 Å². The Bertz CT molecular complexity index is 1250. The number of fused-ring (bicyclic) bond motifs is 4. The molecule has 5 aromatic rings. The number of hydrogen-bond donors (Lipinski definition) is 2. The third-order valence-electron chi connectivity index (χ3n) is 4.88. The summed E-state index contributed by atoms with van der Waals surface area (Å²) in [5.41, 5.74) is 4.31. The SMILES string of the molecule is OB(O)c1ccc(-c2ccc3oc4cc5ccccc5cc4c3c2)cc1. The molecule has 5 rings (SSSR count). The van der Waals surface area contributed by atoms with Crippen molar-refractivity contribution in [1.82, 2.24) is 0 Å². The minimum Gasteiger partial charge on any atom is -0.456 e. The lowest BCUT2D eigenvalue weighted by atomic mass is 9.80. The van der Waals surface area contributed by atoms with Crippen LogP contribution in [-0.2, 0) is 0 Å². The molecule has 1 heterocycles. The van der Waals surface area contributed by atoms with E-state index >= 15 is 0 Å². The molecule has 0 aliphatic heterocycles. The molecule has 1 aromatic heterocycles. The van der Waals surface area contributed by atoms with Crippen molar-refractivity contribution in [3.8, 4) is 11.1 Å². The molecular weight excluding hydrogens is 323 g/mol. The molecule has 26 heavy (non-hydrogen) atoms. The van der Waals surface area contributed by atoms with Crippen LogP contribution < -0.4 is 5.46 Å². The fourth-order valence-corrected chi connectivity index (χ4v) is 3.49. The maximum absolute atomic E-state index is 9.25. The van der Waals surface area contributed by atoms with Crippen molar-refractivity contribution < 1.29 is 14.5 Å². The summed E-state index contributed by atoms with van der Waals surface area (Å²) in [6.45, 7) is 0. The van der Waals surface area contributed by atoms with Crippen molar-refractivity contribution in [2.24, 2.45) is 0 Å². The van der Waals surface area contributed by atoms with Gasteiger partial charge in [-0.2, -0.15) is 0 Å². The minimum absolute atomic E-state index is 0.482. The highest BCUT2D eigenvalue weighted by atomic mass is 16.4. The Kier molecular flexibility index (Phi) is 3.35. The Morgan fingerprint density at radius 1 is 0.615 bits per heavy atom. The first kappa shape index (κ1) is 15.2. The topological polar surface area (TPSA) is 53.6 Å². The predicted molar refractivity (Wildman–Crippen MR) is 106 cm³/mol. The van der Waals surface area contributed by atoms with Crippen molar-refractivity contribution >= 4 is 45.3 Å². The van der Waals surface area contributed by atoms with Gasteiger partial charge in [0.25, 0.3) is 0 Å². The average molecular weight is 338 g/mol. The number of hydrogen-bond acceptors (Lipinski definition) is 3. The van der Waals surface area contributed by atoms with E-state index in [4.69, 9.17) is 4.42 Å². The lowest BCUT2D eigenvalue weighted by Gasteiger charge is -2.04. The van der Waals surface area contributed by atoms with Gasteiger partial charge in [-0.3, -0.25) is 0 Å². The molecule has 4 aromatic carbocycles. The van der Waals surface area contributed by atoms with Crippen molar-refractivity contribution in [2.75, 3.05) is 0 Å². The molecule has 4 heteroatoms. The van der Waals surface area contributed by atoms with E-state index in [1.165, 1.54) is 5.39 Å². The van der Waals surface area contributed by atoms with Crippen LogP contribution in [0.2, 0.25) is 0 Å². The van der Waals surface area contributed by atoms with Gasteiger partial charge in [0.05, 0.1) is 0 Å². The van der Waals surface area contributed by atoms with Gasteiger partial charge in [0.15, 0.2) is 0 Å². The van der Waals surface area contributed by atoms with Gasteiger partial charge in [-0.1, -0.05) is 54.6 Å². The lowest BCUT2D eigenvalue weighted by molar-refractivity contribution is 0.426. The van der Waals surface area contributed by atoms with Crippen LogP contribution in [0.5, 0.6) is 0 Å². The summed E-state index contributed by atoms with van der Waals surface area (Å²) >= 11 is 0. The Morgan fingerprint density at radius 3 is 2.00 bits per heavy atom. The van der Waals surface area contributed by atoms with Crippen molar-refractivity contribution in [3.05, 3.63) is 78.9 Å². The maximum atomic E-state index is 9.25. The van der Waals surface area contributed by atoms with Crippen LogP contribution in [0.3, 0.4) is 0 Å². The van der Waals surface area contributed by atoms with Gasteiger partial charge in [0, 0.05) is 10.8 Å². The molecule has 0 amide bonds. The van der Waals surface area contributed by atoms with E-state index in [-0.39, 0.29) is 0 Å². The lowest BCUT2D eigenvalue weighted by Crippen LogP contribution is -2.29. The van der Waals surface area contributed by atoms with E-state index < -0.39 is 7.12 Å². The first-order valence-corrected chi connectivity index (χ1v) is 8.50. The molecule has 0 bridgehead atoms. The van der Waals surface area contributed by atoms with Crippen LogP contribution in [-0.4, -0.2) is 17.2 Å². The highest BCUT2D eigenvalue weighted by molar-refractivity contribution is 6.58. The van der Waals surface area contributed by atoms with E-state index in [0.717, 1.165) is 38.5 Å². The molecular formula is C22H15BO3. The fraction of sp³-hybridized carbons (Fsp3) is 0. The quantitative estimate of drug-likeness (QED) is 0.477. The summed E-state index contributed by atoms with van der Waals surface area (Å²) in [7, 11) is -1.45. The highest BCUT2D eigenvalue weighted by Gasteiger charge is 2.12. The molecule has 0 spiro atoms. The largest absolute Gasteiger partial charge is 0.488 e. The molecule has 2 N–H and O–H groups in total. The standard InChI is InChI=1S/C22H15BO3/c24-23(25)18-8-5-14(6-9-18)17-7-10-21-19(12-17)20-11-15-3-1-2-4-16(15)13-22(20)26-21/h1-13,24-25H. The summed E-state index contributed by atoms with van der Waals surface area (Å²) in [5.74, 6) is 0. The Labute approximate surface area is 150 Å². The Morgan fingerprint density at radius 2 is 1.27 bits per heavy atom. The van der Waals surface area contributed by atoms with Crippen molar-refractivity contribution in [3.63, 3.8) is 0 Å². The van der Waals surface area contributed by atoms with Crippen LogP contribution in [0.4, 0.5) is 0 Å². The third kappa shape index (κ3) is 2.39. The fourth-order valence-electron chi connectivity index (χ4n) is 3.49. The molecule has 124 valence electrons. The monoisotopic (exact) mass is 338 g/mol. The normalized spacial score (nSPS) is 11.5. The van der Waals surface area contributed by atoms with E-state index in [9.17, 15) is 10.0 Å². The van der Waals surface area contributed by atoms with Crippen molar-refractivity contribution in [1.29, 1.82) is 0 Å². The summed E-state index contributed by atoms with van der Waals surface area (Å²) in [5, 5.41) is 23.0. The Hall–Kier alpha value is -3.08.